The van der Waals surface area contributed by atoms with Crippen LogP contribution >= 0.6 is 22.6 Å². The van der Waals surface area contributed by atoms with Crippen molar-refractivity contribution in [2.75, 3.05) is 0 Å². The Morgan fingerprint density at radius 1 is 1.39 bits per heavy atom. The molecule has 1 saturated carbocycles. The molecule has 1 fully saturated rings. The van der Waals surface area contributed by atoms with Gasteiger partial charge in [-0.3, -0.25) is 4.79 Å². The molecule has 1 N–H and O–H groups in total. The van der Waals surface area contributed by atoms with E-state index in [0.29, 0.717) is 11.8 Å². The third-order valence-electron chi connectivity index (χ3n) is 3.64. The predicted molar refractivity (Wildman–Crippen MR) is 81.9 cm³/mol. The number of nitrogens with zero attached hydrogens (tertiary/aromatic N) is 1. The fourth-order valence-corrected chi connectivity index (χ4v) is 3.23. The van der Waals surface area contributed by atoms with E-state index in [1.807, 2.05) is 0 Å². The number of halogens is 1. The van der Waals surface area contributed by atoms with Crippen molar-refractivity contribution in [1.29, 1.82) is 0 Å². The van der Waals surface area contributed by atoms with Crippen LogP contribution in [-0.4, -0.2) is 9.97 Å². The van der Waals surface area contributed by atoms with E-state index in [1.165, 1.54) is 25.7 Å². The van der Waals surface area contributed by atoms with Gasteiger partial charge in [0.2, 0.25) is 0 Å². The van der Waals surface area contributed by atoms with Crippen LogP contribution in [0.2, 0.25) is 0 Å². The molecule has 0 radical (unpaired) electrons. The highest BCUT2D eigenvalue weighted by Crippen LogP contribution is 2.34. The van der Waals surface area contributed by atoms with Crippen molar-refractivity contribution in [2.24, 2.45) is 5.92 Å². The average molecular weight is 360 g/mol. The SMILES string of the molecule is CC(C)CCc1nc(C2CCCC2)c(I)c(=O)[nH]1. The standard InChI is InChI=1S/C14H21IN2O/c1-9(2)7-8-11-16-13(10-5-3-4-6-10)12(15)14(18)17-11/h9-10H,3-8H2,1-2H3,(H,16,17,18). The Kier molecular flexibility index (Phi) is 4.81. The van der Waals surface area contributed by atoms with Gasteiger partial charge in [0.25, 0.3) is 5.56 Å². The summed E-state index contributed by atoms with van der Waals surface area (Å²) in [6, 6.07) is 0. The first-order chi connectivity index (χ1) is 8.58. The van der Waals surface area contributed by atoms with E-state index < -0.39 is 0 Å². The Bertz CT molecular complexity index is 461. The zero-order valence-electron chi connectivity index (χ0n) is 11.1. The highest BCUT2D eigenvalue weighted by atomic mass is 127. The van der Waals surface area contributed by atoms with Crippen LogP contribution in [0.3, 0.4) is 0 Å². The third kappa shape index (κ3) is 3.33. The van der Waals surface area contributed by atoms with Crippen molar-refractivity contribution in [1.82, 2.24) is 9.97 Å². The van der Waals surface area contributed by atoms with Crippen LogP contribution in [0.1, 0.15) is 63.4 Å². The maximum atomic E-state index is 12.0. The first-order valence-corrected chi connectivity index (χ1v) is 7.94. The van der Waals surface area contributed by atoms with E-state index in [2.05, 4.69) is 41.4 Å². The first-order valence-electron chi connectivity index (χ1n) is 6.86. The molecule has 4 heteroatoms. The Morgan fingerprint density at radius 2 is 2.06 bits per heavy atom. The maximum absolute atomic E-state index is 12.0. The second-order valence-electron chi connectivity index (χ2n) is 5.63. The summed E-state index contributed by atoms with van der Waals surface area (Å²) in [7, 11) is 0. The van der Waals surface area contributed by atoms with Gasteiger partial charge in [0.15, 0.2) is 0 Å². The van der Waals surface area contributed by atoms with Gasteiger partial charge in [0.05, 0.1) is 9.26 Å². The van der Waals surface area contributed by atoms with Crippen molar-refractivity contribution in [3.05, 3.63) is 25.4 Å². The van der Waals surface area contributed by atoms with Gasteiger partial charge < -0.3 is 4.98 Å². The minimum Gasteiger partial charge on any atom is -0.310 e. The summed E-state index contributed by atoms with van der Waals surface area (Å²) in [5.74, 6) is 2.03. The molecule has 0 unspecified atom stereocenters. The molecule has 0 aliphatic heterocycles. The molecule has 1 heterocycles. The molecule has 0 saturated heterocycles. The zero-order chi connectivity index (χ0) is 13.1. The largest absolute Gasteiger partial charge is 0.310 e. The van der Waals surface area contributed by atoms with E-state index in [9.17, 15) is 4.79 Å². The molecular formula is C14H21IN2O. The van der Waals surface area contributed by atoms with Gasteiger partial charge in [0, 0.05) is 12.3 Å². The van der Waals surface area contributed by atoms with E-state index in [4.69, 9.17) is 4.98 Å². The molecule has 0 spiro atoms. The average Bonchev–Trinajstić information content (AvgIpc) is 2.84. The Hall–Kier alpha value is -0.390. The number of aromatic amines is 1. The van der Waals surface area contributed by atoms with Crippen LogP contribution in [-0.2, 0) is 6.42 Å². The molecule has 0 amide bonds. The number of H-pyrrole nitrogens is 1. The smallest absolute Gasteiger partial charge is 0.264 e. The summed E-state index contributed by atoms with van der Waals surface area (Å²) in [6.45, 7) is 4.39. The van der Waals surface area contributed by atoms with Crippen LogP contribution in [0, 0.1) is 9.49 Å². The molecule has 1 aromatic heterocycles. The number of rotatable bonds is 4. The number of nitrogens with one attached hydrogen (secondary N) is 1. The van der Waals surface area contributed by atoms with Gasteiger partial charge in [-0.25, -0.2) is 4.98 Å². The lowest BCUT2D eigenvalue weighted by Crippen LogP contribution is -2.19. The molecule has 1 aliphatic carbocycles. The van der Waals surface area contributed by atoms with E-state index in [-0.39, 0.29) is 5.56 Å². The molecule has 2 rings (SSSR count). The fraction of sp³-hybridized carbons (Fsp3) is 0.714. The summed E-state index contributed by atoms with van der Waals surface area (Å²) in [4.78, 5) is 19.6. The molecular weight excluding hydrogens is 339 g/mol. The minimum atomic E-state index is 0.0475. The normalized spacial score (nSPS) is 16.7. The van der Waals surface area contributed by atoms with Gasteiger partial charge >= 0.3 is 0 Å². The maximum Gasteiger partial charge on any atom is 0.264 e. The van der Waals surface area contributed by atoms with E-state index in [1.54, 1.807) is 0 Å². The number of hydrogen-bond acceptors (Lipinski definition) is 2. The number of aromatic nitrogens is 2. The van der Waals surface area contributed by atoms with Gasteiger partial charge in [-0.1, -0.05) is 26.7 Å². The Morgan fingerprint density at radius 3 is 2.67 bits per heavy atom. The van der Waals surface area contributed by atoms with Crippen molar-refractivity contribution in [2.45, 2.75) is 58.3 Å². The fourth-order valence-electron chi connectivity index (χ4n) is 2.54. The lowest BCUT2D eigenvalue weighted by molar-refractivity contribution is 0.568. The highest BCUT2D eigenvalue weighted by Gasteiger charge is 2.22. The van der Waals surface area contributed by atoms with Crippen molar-refractivity contribution in [3.8, 4) is 0 Å². The Labute approximate surface area is 122 Å². The van der Waals surface area contributed by atoms with Crippen molar-refractivity contribution in [3.63, 3.8) is 0 Å². The van der Waals surface area contributed by atoms with Crippen molar-refractivity contribution < 1.29 is 0 Å². The summed E-state index contributed by atoms with van der Waals surface area (Å²) in [5.41, 5.74) is 1.10. The molecule has 100 valence electrons. The monoisotopic (exact) mass is 360 g/mol. The van der Waals surface area contributed by atoms with Crippen LogP contribution in [0.4, 0.5) is 0 Å². The first kappa shape index (κ1) is 14.0. The van der Waals surface area contributed by atoms with E-state index in [0.717, 1.165) is 27.9 Å². The van der Waals surface area contributed by atoms with Crippen LogP contribution in [0.25, 0.3) is 0 Å². The third-order valence-corrected chi connectivity index (χ3v) is 4.68. The van der Waals surface area contributed by atoms with Crippen LogP contribution in [0.5, 0.6) is 0 Å². The summed E-state index contributed by atoms with van der Waals surface area (Å²) in [5, 5.41) is 0. The molecule has 1 aromatic rings. The summed E-state index contributed by atoms with van der Waals surface area (Å²) >= 11 is 2.15. The second-order valence-corrected chi connectivity index (χ2v) is 6.70. The van der Waals surface area contributed by atoms with Gasteiger partial charge in [-0.05, 0) is 47.8 Å². The Balaban J connectivity index is 2.24. The number of aryl methyl sites for hydroxylation is 1. The van der Waals surface area contributed by atoms with Crippen LogP contribution in [0.15, 0.2) is 4.79 Å². The van der Waals surface area contributed by atoms with Crippen LogP contribution < -0.4 is 5.56 Å². The lowest BCUT2D eigenvalue weighted by Gasteiger charge is -2.12. The summed E-state index contributed by atoms with van der Waals surface area (Å²) < 4.78 is 0.799. The zero-order valence-corrected chi connectivity index (χ0v) is 13.3. The predicted octanol–water partition coefficient (Wildman–Crippen LogP) is 3.62. The van der Waals surface area contributed by atoms with E-state index >= 15 is 0 Å². The van der Waals surface area contributed by atoms with Crippen molar-refractivity contribution >= 4 is 22.6 Å². The second kappa shape index (κ2) is 6.17. The topological polar surface area (TPSA) is 45.8 Å². The molecule has 0 atom stereocenters. The molecule has 1 aliphatic rings. The quantitative estimate of drug-likeness (QED) is 0.834. The van der Waals surface area contributed by atoms with Gasteiger partial charge in [-0.2, -0.15) is 0 Å². The van der Waals surface area contributed by atoms with Gasteiger partial charge in [0.1, 0.15) is 5.82 Å². The molecule has 0 bridgehead atoms. The molecule has 0 aromatic carbocycles. The van der Waals surface area contributed by atoms with Gasteiger partial charge in [-0.15, -0.1) is 0 Å². The number of hydrogen-bond donors (Lipinski definition) is 1. The molecule has 18 heavy (non-hydrogen) atoms. The lowest BCUT2D eigenvalue weighted by atomic mass is 10.0. The highest BCUT2D eigenvalue weighted by molar-refractivity contribution is 14.1. The molecule has 3 nitrogen and oxygen atoms in total. The summed E-state index contributed by atoms with van der Waals surface area (Å²) in [6.07, 6.45) is 6.89. The minimum absolute atomic E-state index is 0.0475.